The van der Waals surface area contributed by atoms with Crippen LogP contribution in [-0.2, 0) is 13.0 Å². The third kappa shape index (κ3) is 4.06. The van der Waals surface area contributed by atoms with Crippen LogP contribution < -0.4 is 9.64 Å². The number of tetrazole rings is 1. The Morgan fingerprint density at radius 1 is 1.04 bits per heavy atom. The summed E-state index contributed by atoms with van der Waals surface area (Å²) in [5, 5.41) is 14.1. The van der Waals surface area contributed by atoms with Crippen molar-refractivity contribution in [3.8, 4) is 5.75 Å². The highest BCUT2D eigenvalue weighted by molar-refractivity contribution is 5.49. The molecule has 0 spiro atoms. The second kappa shape index (κ2) is 7.40. The summed E-state index contributed by atoms with van der Waals surface area (Å²) in [6.07, 6.45) is 0.732. The zero-order valence-electron chi connectivity index (χ0n) is 13.0. The van der Waals surface area contributed by atoms with Crippen LogP contribution in [0, 0.1) is 0 Å². The molecule has 2 aromatic carbocycles. The number of aromatic nitrogens is 4. The third-order valence-electron chi connectivity index (χ3n) is 3.65. The number of nitrogens with one attached hydrogen (secondary N) is 1. The zero-order valence-corrected chi connectivity index (χ0v) is 13.0. The maximum Gasteiger partial charge on any atom is 0.176 e. The second-order valence-corrected chi connectivity index (χ2v) is 5.18. The van der Waals surface area contributed by atoms with Crippen LogP contribution in [-0.4, -0.2) is 34.3 Å². The van der Waals surface area contributed by atoms with Crippen molar-refractivity contribution in [2.45, 2.75) is 13.0 Å². The van der Waals surface area contributed by atoms with Crippen molar-refractivity contribution >= 4 is 5.69 Å². The first kappa shape index (κ1) is 15.0. The van der Waals surface area contributed by atoms with Crippen molar-refractivity contribution in [2.24, 2.45) is 0 Å². The molecule has 0 aliphatic carbocycles. The quantitative estimate of drug-likeness (QED) is 0.726. The van der Waals surface area contributed by atoms with Gasteiger partial charge in [-0.25, -0.2) is 0 Å². The molecule has 1 aromatic heterocycles. The largest absolute Gasteiger partial charge is 0.497 e. The lowest BCUT2D eigenvalue weighted by Crippen LogP contribution is -2.25. The first-order valence-corrected chi connectivity index (χ1v) is 7.50. The van der Waals surface area contributed by atoms with E-state index in [1.807, 2.05) is 18.2 Å². The van der Waals surface area contributed by atoms with E-state index in [9.17, 15) is 0 Å². The van der Waals surface area contributed by atoms with Gasteiger partial charge >= 0.3 is 0 Å². The number of anilines is 1. The Hall–Kier alpha value is -2.89. The van der Waals surface area contributed by atoms with Crippen LogP contribution >= 0.6 is 0 Å². The van der Waals surface area contributed by atoms with Gasteiger partial charge in [0, 0.05) is 25.2 Å². The van der Waals surface area contributed by atoms with Crippen LogP contribution in [0.3, 0.4) is 0 Å². The lowest BCUT2D eigenvalue weighted by molar-refractivity contribution is 0.415. The predicted molar refractivity (Wildman–Crippen MR) is 88.4 cm³/mol. The summed E-state index contributed by atoms with van der Waals surface area (Å²) < 4.78 is 5.24. The molecule has 3 aromatic rings. The molecule has 0 fully saturated rings. The van der Waals surface area contributed by atoms with E-state index in [1.54, 1.807) is 7.11 Å². The number of benzene rings is 2. The molecule has 0 aliphatic heterocycles. The number of hydrogen-bond donors (Lipinski definition) is 1. The topological polar surface area (TPSA) is 66.9 Å². The molecular formula is C17H19N5O. The molecule has 6 heteroatoms. The molecule has 0 bridgehead atoms. The van der Waals surface area contributed by atoms with Gasteiger partial charge in [-0.1, -0.05) is 35.5 Å². The molecule has 23 heavy (non-hydrogen) atoms. The number of aromatic amines is 1. The number of H-pyrrole nitrogens is 1. The molecule has 1 N–H and O–H groups in total. The maximum absolute atomic E-state index is 5.24. The number of ether oxygens (including phenoxy) is 1. The van der Waals surface area contributed by atoms with Crippen LogP contribution in [0.25, 0.3) is 0 Å². The number of hydrogen-bond acceptors (Lipinski definition) is 5. The van der Waals surface area contributed by atoms with Gasteiger partial charge in [0.1, 0.15) is 5.75 Å². The summed E-state index contributed by atoms with van der Waals surface area (Å²) in [7, 11) is 1.67. The van der Waals surface area contributed by atoms with Crippen LogP contribution in [0.5, 0.6) is 5.75 Å². The Bertz CT molecular complexity index is 698. The van der Waals surface area contributed by atoms with E-state index in [1.165, 1.54) is 5.56 Å². The van der Waals surface area contributed by atoms with Crippen molar-refractivity contribution in [3.05, 3.63) is 66.0 Å². The van der Waals surface area contributed by atoms with Crippen LogP contribution in [0.2, 0.25) is 0 Å². The molecule has 0 saturated heterocycles. The Kier molecular flexibility index (Phi) is 4.83. The normalized spacial score (nSPS) is 10.5. The average Bonchev–Trinajstić information content (AvgIpc) is 3.13. The number of rotatable bonds is 7. The van der Waals surface area contributed by atoms with Crippen LogP contribution in [0.15, 0.2) is 54.6 Å². The summed E-state index contributed by atoms with van der Waals surface area (Å²) in [5.41, 5.74) is 2.40. The van der Waals surface area contributed by atoms with Gasteiger partial charge in [0.25, 0.3) is 0 Å². The Morgan fingerprint density at radius 3 is 2.48 bits per heavy atom. The van der Waals surface area contributed by atoms with Gasteiger partial charge in [-0.3, -0.25) is 0 Å². The fraction of sp³-hybridized carbons (Fsp3) is 0.235. The Balaban J connectivity index is 1.76. The zero-order chi connectivity index (χ0) is 15.9. The summed E-state index contributed by atoms with van der Waals surface area (Å²) in [5.74, 6) is 1.57. The van der Waals surface area contributed by atoms with E-state index < -0.39 is 0 Å². The summed E-state index contributed by atoms with van der Waals surface area (Å²) >= 11 is 0. The van der Waals surface area contributed by atoms with Gasteiger partial charge in [-0.15, -0.1) is 10.2 Å². The van der Waals surface area contributed by atoms with Gasteiger partial charge in [0.2, 0.25) is 0 Å². The van der Waals surface area contributed by atoms with Gasteiger partial charge in [-0.05, 0) is 29.8 Å². The molecule has 3 rings (SSSR count). The van der Waals surface area contributed by atoms with E-state index in [4.69, 9.17) is 4.74 Å². The van der Waals surface area contributed by atoms with Crippen molar-refractivity contribution < 1.29 is 4.74 Å². The molecular weight excluding hydrogens is 290 g/mol. The minimum Gasteiger partial charge on any atom is -0.497 e. The van der Waals surface area contributed by atoms with Gasteiger partial charge < -0.3 is 9.64 Å². The summed E-state index contributed by atoms with van der Waals surface area (Å²) in [4.78, 5) is 2.30. The predicted octanol–water partition coefficient (Wildman–Crippen LogP) is 2.46. The number of methoxy groups -OCH3 is 1. The van der Waals surface area contributed by atoms with Crippen LogP contribution in [0.1, 0.15) is 11.4 Å². The molecule has 0 saturated carbocycles. The monoisotopic (exact) mass is 309 g/mol. The molecule has 118 valence electrons. The molecule has 0 amide bonds. The molecule has 1 heterocycles. The fourth-order valence-electron chi connectivity index (χ4n) is 2.42. The molecule has 0 atom stereocenters. The summed E-state index contributed by atoms with van der Waals surface area (Å²) in [6.45, 7) is 1.63. The Labute approximate surface area is 135 Å². The van der Waals surface area contributed by atoms with Crippen molar-refractivity contribution in [2.75, 3.05) is 18.6 Å². The molecule has 6 nitrogen and oxygen atoms in total. The minimum absolute atomic E-state index is 0.719. The highest BCUT2D eigenvalue weighted by Crippen LogP contribution is 2.21. The van der Waals surface area contributed by atoms with Gasteiger partial charge in [0.15, 0.2) is 5.82 Å². The van der Waals surface area contributed by atoms with Gasteiger partial charge in [0.05, 0.1) is 7.11 Å². The lowest BCUT2D eigenvalue weighted by atomic mass is 10.2. The lowest BCUT2D eigenvalue weighted by Gasteiger charge is -2.24. The van der Waals surface area contributed by atoms with Crippen molar-refractivity contribution in [1.29, 1.82) is 0 Å². The first-order valence-electron chi connectivity index (χ1n) is 7.50. The van der Waals surface area contributed by atoms with E-state index >= 15 is 0 Å². The van der Waals surface area contributed by atoms with Gasteiger partial charge in [-0.2, -0.15) is 5.21 Å². The molecule has 0 unspecified atom stereocenters. The smallest absolute Gasteiger partial charge is 0.176 e. The Morgan fingerprint density at radius 2 is 1.83 bits per heavy atom. The second-order valence-electron chi connectivity index (χ2n) is 5.18. The number of nitrogens with zero attached hydrogens (tertiary/aromatic N) is 4. The standard InChI is InChI=1S/C17H19N5O/c1-23-16-9-7-15(8-10-16)22(12-11-17-18-20-21-19-17)13-14-5-3-2-4-6-14/h2-10H,11-13H2,1H3,(H,18,19,20,21). The van der Waals surface area contributed by atoms with E-state index in [0.717, 1.165) is 36.8 Å². The molecule has 0 radical (unpaired) electrons. The average molecular weight is 309 g/mol. The molecule has 0 aliphatic rings. The fourth-order valence-corrected chi connectivity index (χ4v) is 2.42. The summed E-state index contributed by atoms with van der Waals surface area (Å²) in [6, 6.07) is 18.5. The van der Waals surface area contributed by atoms with Crippen molar-refractivity contribution in [3.63, 3.8) is 0 Å². The highest BCUT2D eigenvalue weighted by atomic mass is 16.5. The third-order valence-corrected chi connectivity index (χ3v) is 3.65. The van der Waals surface area contributed by atoms with E-state index in [-0.39, 0.29) is 0 Å². The maximum atomic E-state index is 5.24. The van der Waals surface area contributed by atoms with Crippen LogP contribution in [0.4, 0.5) is 5.69 Å². The minimum atomic E-state index is 0.719. The van der Waals surface area contributed by atoms with E-state index in [2.05, 4.69) is 61.9 Å². The SMILES string of the molecule is COc1ccc(N(CCc2nn[nH]n2)Cc2ccccc2)cc1. The van der Waals surface area contributed by atoms with E-state index in [0.29, 0.717) is 0 Å². The first-order chi connectivity index (χ1) is 11.3. The highest BCUT2D eigenvalue weighted by Gasteiger charge is 2.10. The van der Waals surface area contributed by atoms with Crippen molar-refractivity contribution in [1.82, 2.24) is 20.6 Å².